The second-order valence-corrected chi connectivity index (χ2v) is 5.65. The van der Waals surface area contributed by atoms with Crippen LogP contribution in [0.2, 0.25) is 0 Å². The van der Waals surface area contributed by atoms with Crippen molar-refractivity contribution in [2.24, 2.45) is 0 Å². The van der Waals surface area contributed by atoms with Gasteiger partial charge in [0.25, 0.3) is 0 Å². The normalized spacial score (nSPS) is 14.2. The predicted molar refractivity (Wildman–Crippen MR) is 90.2 cm³/mol. The van der Waals surface area contributed by atoms with Crippen LogP contribution in [0.15, 0.2) is 30.3 Å². The van der Waals surface area contributed by atoms with Gasteiger partial charge >= 0.3 is 0 Å². The molecule has 0 atom stereocenters. The van der Waals surface area contributed by atoms with Gasteiger partial charge < -0.3 is 10.1 Å². The Labute approximate surface area is 132 Å². The fourth-order valence-electron chi connectivity index (χ4n) is 2.86. The number of hydrogen-bond donors (Lipinski definition) is 1. The molecule has 5 heteroatoms. The second kappa shape index (κ2) is 7.41. The Morgan fingerprint density at radius 2 is 1.86 bits per heavy atom. The van der Waals surface area contributed by atoms with E-state index in [0.29, 0.717) is 12.4 Å². The van der Waals surface area contributed by atoms with Gasteiger partial charge in [0.15, 0.2) is 7.85 Å². The third-order valence-electron chi connectivity index (χ3n) is 4.07. The van der Waals surface area contributed by atoms with E-state index in [2.05, 4.69) is 33.7 Å². The molecule has 3 rings (SSSR count). The van der Waals surface area contributed by atoms with Crippen LogP contribution in [0.25, 0.3) is 0 Å². The standard InChI is InChI=1S/C17H22BN3O/c18-12-22-17-6-5-16(20-21-17)4-2-13-1-3-14-7-9-19-10-8-15(14)11-13/h1,3,5-6,11,19H,2,4,7-10,12,18H2. The molecular formula is C17H22BN3O. The first kappa shape index (κ1) is 15.0. The molecule has 2 aromatic rings. The fraction of sp³-hybridized carbons (Fsp3) is 0.412. The summed E-state index contributed by atoms with van der Waals surface area (Å²) in [6.07, 6.45) is 4.19. The minimum absolute atomic E-state index is 0.601. The molecule has 4 nitrogen and oxygen atoms in total. The van der Waals surface area contributed by atoms with Crippen molar-refractivity contribution in [3.63, 3.8) is 0 Å². The highest BCUT2D eigenvalue weighted by molar-refractivity contribution is 6.08. The van der Waals surface area contributed by atoms with E-state index < -0.39 is 0 Å². The van der Waals surface area contributed by atoms with Crippen molar-refractivity contribution in [1.82, 2.24) is 15.5 Å². The van der Waals surface area contributed by atoms with Gasteiger partial charge in [0.2, 0.25) is 5.88 Å². The van der Waals surface area contributed by atoms with E-state index >= 15 is 0 Å². The predicted octanol–water partition coefficient (Wildman–Crippen LogP) is 0.919. The van der Waals surface area contributed by atoms with Gasteiger partial charge in [-0.2, -0.15) is 5.10 Å². The van der Waals surface area contributed by atoms with Crippen LogP contribution >= 0.6 is 0 Å². The summed E-state index contributed by atoms with van der Waals surface area (Å²) >= 11 is 0. The average Bonchev–Trinajstić information content (AvgIpc) is 2.79. The van der Waals surface area contributed by atoms with E-state index in [1.165, 1.54) is 16.7 Å². The van der Waals surface area contributed by atoms with E-state index in [9.17, 15) is 0 Å². The summed E-state index contributed by atoms with van der Waals surface area (Å²) < 4.78 is 5.32. The monoisotopic (exact) mass is 295 g/mol. The first-order chi connectivity index (χ1) is 10.8. The number of nitrogens with one attached hydrogen (secondary N) is 1. The van der Waals surface area contributed by atoms with Crippen LogP contribution in [0.3, 0.4) is 0 Å². The Morgan fingerprint density at radius 1 is 1.00 bits per heavy atom. The molecular weight excluding hydrogens is 273 g/mol. The number of benzene rings is 1. The lowest BCUT2D eigenvalue weighted by atomic mass is 9.98. The minimum atomic E-state index is 0.601. The summed E-state index contributed by atoms with van der Waals surface area (Å²) in [5, 5.41) is 11.8. The van der Waals surface area contributed by atoms with Crippen molar-refractivity contribution in [1.29, 1.82) is 0 Å². The third-order valence-corrected chi connectivity index (χ3v) is 4.07. The van der Waals surface area contributed by atoms with Gasteiger partial charge in [-0.25, -0.2) is 0 Å². The Kier molecular flexibility index (Phi) is 5.06. The van der Waals surface area contributed by atoms with Crippen molar-refractivity contribution < 1.29 is 4.74 Å². The highest BCUT2D eigenvalue weighted by atomic mass is 16.5. The molecule has 1 aliphatic rings. The van der Waals surface area contributed by atoms with E-state index in [0.717, 1.165) is 44.5 Å². The third kappa shape index (κ3) is 3.86. The topological polar surface area (TPSA) is 47.0 Å². The number of hydrogen-bond acceptors (Lipinski definition) is 4. The second-order valence-electron chi connectivity index (χ2n) is 5.65. The van der Waals surface area contributed by atoms with E-state index in [4.69, 9.17) is 4.74 Å². The highest BCUT2D eigenvalue weighted by Gasteiger charge is 2.08. The summed E-state index contributed by atoms with van der Waals surface area (Å²) in [4.78, 5) is 0. The molecule has 1 N–H and O–H groups in total. The molecule has 1 aliphatic heterocycles. The lowest BCUT2D eigenvalue weighted by Gasteiger charge is -2.08. The fourth-order valence-corrected chi connectivity index (χ4v) is 2.86. The number of ether oxygens (including phenoxy) is 1. The van der Waals surface area contributed by atoms with Crippen molar-refractivity contribution in [3.05, 3.63) is 52.7 Å². The van der Waals surface area contributed by atoms with Gasteiger partial charge in [0.05, 0.1) is 12.2 Å². The Balaban J connectivity index is 1.62. The number of nitrogens with zero attached hydrogens (tertiary/aromatic N) is 2. The van der Waals surface area contributed by atoms with Crippen molar-refractivity contribution in [2.75, 3.05) is 19.6 Å². The largest absolute Gasteiger partial charge is 0.486 e. The molecule has 1 aromatic heterocycles. The maximum atomic E-state index is 5.32. The van der Waals surface area contributed by atoms with Gasteiger partial charge in [-0.3, -0.25) is 0 Å². The molecule has 2 heterocycles. The molecule has 0 spiro atoms. The summed E-state index contributed by atoms with van der Waals surface area (Å²) in [6, 6.07) is 10.8. The highest BCUT2D eigenvalue weighted by Crippen LogP contribution is 2.17. The van der Waals surface area contributed by atoms with Crippen LogP contribution in [-0.2, 0) is 25.7 Å². The van der Waals surface area contributed by atoms with Crippen LogP contribution in [-0.4, -0.2) is 37.6 Å². The molecule has 0 radical (unpaired) electrons. The summed E-state index contributed by atoms with van der Waals surface area (Å²) in [5.41, 5.74) is 5.39. The zero-order valence-electron chi connectivity index (χ0n) is 13.1. The minimum Gasteiger partial charge on any atom is -0.486 e. The SMILES string of the molecule is BCOc1ccc(CCc2ccc3c(c2)CCNCC3)nn1. The smallest absolute Gasteiger partial charge is 0.232 e. The van der Waals surface area contributed by atoms with Gasteiger partial charge in [-0.15, -0.1) is 5.10 Å². The number of aromatic nitrogens is 2. The Morgan fingerprint density at radius 3 is 2.64 bits per heavy atom. The number of aryl methyl sites for hydroxylation is 2. The molecule has 1 aromatic carbocycles. The van der Waals surface area contributed by atoms with Crippen LogP contribution in [0.4, 0.5) is 0 Å². The summed E-state index contributed by atoms with van der Waals surface area (Å²) in [7, 11) is 1.95. The lowest BCUT2D eigenvalue weighted by Crippen LogP contribution is -2.16. The molecule has 0 saturated heterocycles. The van der Waals surface area contributed by atoms with Crippen LogP contribution < -0.4 is 10.1 Å². The average molecular weight is 295 g/mol. The van der Waals surface area contributed by atoms with Gasteiger partial charge in [-0.1, -0.05) is 18.2 Å². The van der Waals surface area contributed by atoms with Crippen molar-refractivity contribution in [2.45, 2.75) is 25.7 Å². The van der Waals surface area contributed by atoms with Crippen LogP contribution in [0, 0.1) is 0 Å². The summed E-state index contributed by atoms with van der Waals surface area (Å²) in [5.74, 6) is 0.601. The van der Waals surface area contributed by atoms with Gasteiger partial charge in [0, 0.05) is 6.07 Å². The molecule has 22 heavy (non-hydrogen) atoms. The molecule has 114 valence electrons. The van der Waals surface area contributed by atoms with Gasteiger partial charge in [-0.05, 0) is 61.5 Å². The molecule has 0 aliphatic carbocycles. The Bertz CT molecular complexity index is 616. The van der Waals surface area contributed by atoms with E-state index in [-0.39, 0.29) is 0 Å². The zero-order valence-corrected chi connectivity index (χ0v) is 13.1. The van der Waals surface area contributed by atoms with Crippen LogP contribution in [0.1, 0.15) is 22.4 Å². The van der Waals surface area contributed by atoms with E-state index in [1.807, 2.05) is 20.0 Å². The Hall–Kier alpha value is -1.88. The van der Waals surface area contributed by atoms with Gasteiger partial charge in [0.1, 0.15) is 0 Å². The maximum Gasteiger partial charge on any atom is 0.232 e. The molecule has 0 saturated carbocycles. The quantitative estimate of drug-likeness (QED) is 0.833. The number of rotatable bonds is 5. The maximum absolute atomic E-state index is 5.32. The number of fused-ring (bicyclic) bond motifs is 1. The molecule has 0 fully saturated rings. The van der Waals surface area contributed by atoms with Crippen LogP contribution in [0.5, 0.6) is 5.88 Å². The van der Waals surface area contributed by atoms with E-state index in [1.54, 1.807) is 0 Å². The zero-order chi connectivity index (χ0) is 15.2. The lowest BCUT2D eigenvalue weighted by molar-refractivity contribution is 0.366. The molecule has 0 bridgehead atoms. The molecule has 0 amide bonds. The van der Waals surface area contributed by atoms with Crippen molar-refractivity contribution >= 4 is 7.85 Å². The first-order valence-corrected chi connectivity index (χ1v) is 8.12. The first-order valence-electron chi connectivity index (χ1n) is 8.12. The molecule has 0 unspecified atom stereocenters. The summed E-state index contributed by atoms with van der Waals surface area (Å²) in [6.45, 7) is 2.80. The van der Waals surface area contributed by atoms with Crippen molar-refractivity contribution in [3.8, 4) is 5.88 Å².